The molecule has 0 bridgehead atoms. The molecule has 1 aromatic carbocycles. The highest BCUT2D eigenvalue weighted by molar-refractivity contribution is 6.01. The zero-order chi connectivity index (χ0) is 13.5. The molecule has 2 rings (SSSR count). The summed E-state index contributed by atoms with van der Waals surface area (Å²) in [7, 11) is 0. The van der Waals surface area contributed by atoms with Crippen LogP contribution in [0.4, 0.5) is 5.82 Å². The maximum absolute atomic E-state index is 11.7. The zero-order valence-electron chi connectivity index (χ0n) is 10.3. The number of nitrogens with one attached hydrogen (secondary N) is 1. The second-order valence-corrected chi connectivity index (χ2v) is 3.94. The number of hydrogen-bond acceptors (Lipinski definition) is 3. The minimum Gasteiger partial charge on any atom is -0.392 e. The van der Waals surface area contributed by atoms with Crippen molar-refractivity contribution in [3.8, 4) is 0 Å². The Kier molecular flexibility index (Phi) is 4.42. The van der Waals surface area contributed by atoms with Crippen LogP contribution in [-0.4, -0.2) is 16.0 Å². The number of carbonyl (C=O) groups is 1. The molecule has 0 aliphatic heterocycles. The third-order valence-electron chi connectivity index (χ3n) is 2.49. The van der Waals surface area contributed by atoms with Gasteiger partial charge < -0.3 is 10.4 Å². The Hall–Kier alpha value is -2.46. The number of hydrogen-bond donors (Lipinski definition) is 2. The van der Waals surface area contributed by atoms with Gasteiger partial charge in [0.05, 0.1) is 6.61 Å². The van der Waals surface area contributed by atoms with Gasteiger partial charge in [0.25, 0.3) is 0 Å². The van der Waals surface area contributed by atoms with Crippen LogP contribution >= 0.6 is 0 Å². The van der Waals surface area contributed by atoms with E-state index in [4.69, 9.17) is 5.11 Å². The zero-order valence-corrected chi connectivity index (χ0v) is 10.3. The van der Waals surface area contributed by atoms with Gasteiger partial charge in [0.15, 0.2) is 0 Å². The van der Waals surface area contributed by atoms with Crippen LogP contribution in [0.2, 0.25) is 0 Å². The average molecular weight is 254 g/mol. The lowest BCUT2D eigenvalue weighted by Crippen LogP contribution is -2.09. The first-order chi connectivity index (χ1) is 9.28. The van der Waals surface area contributed by atoms with Crippen LogP contribution in [0, 0.1) is 0 Å². The fourth-order valence-corrected chi connectivity index (χ4v) is 1.50. The van der Waals surface area contributed by atoms with Crippen molar-refractivity contribution in [3.05, 3.63) is 65.9 Å². The first-order valence-corrected chi connectivity index (χ1v) is 5.88. The van der Waals surface area contributed by atoms with Crippen molar-refractivity contribution in [2.75, 3.05) is 5.32 Å². The Morgan fingerprint density at radius 2 is 2.00 bits per heavy atom. The summed E-state index contributed by atoms with van der Waals surface area (Å²) in [5, 5.41) is 11.5. The second-order valence-electron chi connectivity index (χ2n) is 3.94. The number of aliphatic hydroxyl groups excluding tert-OH is 1. The van der Waals surface area contributed by atoms with E-state index >= 15 is 0 Å². The third kappa shape index (κ3) is 4.04. The molecule has 0 aliphatic rings. The molecule has 1 aromatic heterocycles. The number of rotatable bonds is 4. The molecule has 0 saturated carbocycles. The molecule has 0 spiro atoms. The van der Waals surface area contributed by atoms with E-state index in [1.807, 2.05) is 30.3 Å². The van der Waals surface area contributed by atoms with Gasteiger partial charge in [-0.1, -0.05) is 36.4 Å². The summed E-state index contributed by atoms with van der Waals surface area (Å²) >= 11 is 0. The fourth-order valence-electron chi connectivity index (χ4n) is 1.50. The Morgan fingerprint density at radius 3 is 2.63 bits per heavy atom. The predicted octanol–water partition coefficient (Wildman–Crippen LogP) is 2.23. The first-order valence-electron chi connectivity index (χ1n) is 5.88. The summed E-state index contributed by atoms with van der Waals surface area (Å²) in [6, 6.07) is 12.9. The summed E-state index contributed by atoms with van der Waals surface area (Å²) in [5.74, 6) is 0.216. The van der Waals surface area contributed by atoms with Crippen LogP contribution in [0.15, 0.2) is 54.7 Å². The number of aromatic nitrogens is 1. The maximum Gasteiger partial charge on any atom is 0.249 e. The van der Waals surface area contributed by atoms with E-state index in [9.17, 15) is 4.79 Å². The topological polar surface area (TPSA) is 62.2 Å². The Balaban J connectivity index is 1.95. The number of anilines is 1. The second kappa shape index (κ2) is 6.47. The normalized spacial score (nSPS) is 10.6. The molecule has 4 nitrogen and oxygen atoms in total. The van der Waals surface area contributed by atoms with Crippen molar-refractivity contribution in [1.29, 1.82) is 0 Å². The molecule has 2 aromatic rings. The molecule has 0 unspecified atom stereocenters. The standard InChI is InChI=1S/C15H14N2O2/c18-11-13-6-8-14(16-10-13)17-15(19)9-7-12-4-2-1-3-5-12/h1-10,18H,11H2,(H,16,17,19)/b9-7+. The minimum atomic E-state index is -0.242. The van der Waals surface area contributed by atoms with Gasteiger partial charge in [-0.2, -0.15) is 0 Å². The molecule has 2 N–H and O–H groups in total. The molecule has 19 heavy (non-hydrogen) atoms. The Morgan fingerprint density at radius 1 is 1.21 bits per heavy atom. The average Bonchev–Trinajstić information content (AvgIpc) is 2.47. The molecule has 0 saturated heterocycles. The summed E-state index contributed by atoms with van der Waals surface area (Å²) in [6.07, 6.45) is 4.71. The quantitative estimate of drug-likeness (QED) is 0.822. The van der Waals surface area contributed by atoms with Crippen LogP contribution < -0.4 is 5.32 Å². The van der Waals surface area contributed by atoms with Gasteiger partial charge in [-0.25, -0.2) is 4.98 Å². The van der Waals surface area contributed by atoms with Crippen molar-refractivity contribution in [3.63, 3.8) is 0 Å². The lowest BCUT2D eigenvalue weighted by molar-refractivity contribution is -0.111. The number of amides is 1. The molecule has 0 atom stereocenters. The van der Waals surface area contributed by atoms with E-state index in [0.29, 0.717) is 11.4 Å². The van der Waals surface area contributed by atoms with Gasteiger partial charge in [0, 0.05) is 12.3 Å². The van der Waals surface area contributed by atoms with Crippen LogP contribution in [0.25, 0.3) is 6.08 Å². The SMILES string of the molecule is O=C(/C=C/c1ccccc1)Nc1ccc(CO)cn1. The van der Waals surface area contributed by atoms with E-state index in [-0.39, 0.29) is 12.5 Å². The fraction of sp³-hybridized carbons (Fsp3) is 0.0667. The van der Waals surface area contributed by atoms with Crippen LogP contribution in [0.3, 0.4) is 0 Å². The van der Waals surface area contributed by atoms with E-state index in [1.165, 1.54) is 12.3 Å². The highest BCUT2D eigenvalue weighted by Gasteiger charge is 1.99. The lowest BCUT2D eigenvalue weighted by atomic mass is 10.2. The van der Waals surface area contributed by atoms with Gasteiger partial charge in [0.1, 0.15) is 5.82 Å². The number of benzene rings is 1. The summed E-state index contributed by atoms with van der Waals surface area (Å²) < 4.78 is 0. The minimum absolute atomic E-state index is 0.0604. The molecule has 0 radical (unpaired) electrons. The third-order valence-corrected chi connectivity index (χ3v) is 2.49. The summed E-state index contributed by atoms with van der Waals surface area (Å²) in [4.78, 5) is 15.7. The molecule has 1 heterocycles. The van der Waals surface area contributed by atoms with Crippen LogP contribution in [0.1, 0.15) is 11.1 Å². The molecular weight excluding hydrogens is 240 g/mol. The van der Waals surface area contributed by atoms with E-state index in [2.05, 4.69) is 10.3 Å². The van der Waals surface area contributed by atoms with Gasteiger partial charge in [-0.05, 0) is 23.3 Å². The highest BCUT2D eigenvalue weighted by Crippen LogP contribution is 2.06. The van der Waals surface area contributed by atoms with Crippen molar-refractivity contribution >= 4 is 17.8 Å². The van der Waals surface area contributed by atoms with Crippen LogP contribution in [0.5, 0.6) is 0 Å². The largest absolute Gasteiger partial charge is 0.392 e. The molecule has 0 fully saturated rings. The van der Waals surface area contributed by atoms with Crippen molar-refractivity contribution < 1.29 is 9.90 Å². The first kappa shape index (κ1) is 13.0. The predicted molar refractivity (Wildman–Crippen MR) is 74.3 cm³/mol. The molecule has 1 amide bonds. The van der Waals surface area contributed by atoms with E-state index in [0.717, 1.165) is 5.56 Å². The molecule has 0 aliphatic carbocycles. The monoisotopic (exact) mass is 254 g/mol. The molecule has 96 valence electrons. The molecule has 4 heteroatoms. The number of carbonyl (C=O) groups excluding carboxylic acids is 1. The number of pyridine rings is 1. The number of nitrogens with zero attached hydrogens (tertiary/aromatic N) is 1. The van der Waals surface area contributed by atoms with E-state index < -0.39 is 0 Å². The summed E-state index contributed by atoms with van der Waals surface area (Å²) in [5.41, 5.74) is 1.67. The van der Waals surface area contributed by atoms with Gasteiger partial charge in [0.2, 0.25) is 5.91 Å². The van der Waals surface area contributed by atoms with Crippen LogP contribution in [-0.2, 0) is 11.4 Å². The highest BCUT2D eigenvalue weighted by atomic mass is 16.3. The Bertz CT molecular complexity index is 562. The molecular formula is C15H14N2O2. The Labute approximate surface area is 111 Å². The van der Waals surface area contributed by atoms with Gasteiger partial charge in [-0.3, -0.25) is 4.79 Å². The van der Waals surface area contributed by atoms with Crippen molar-refractivity contribution in [2.24, 2.45) is 0 Å². The van der Waals surface area contributed by atoms with E-state index in [1.54, 1.807) is 18.2 Å². The lowest BCUT2D eigenvalue weighted by Gasteiger charge is -2.01. The summed E-state index contributed by atoms with van der Waals surface area (Å²) in [6.45, 7) is -0.0604. The number of aliphatic hydroxyl groups is 1. The smallest absolute Gasteiger partial charge is 0.249 e. The van der Waals surface area contributed by atoms with Gasteiger partial charge in [-0.15, -0.1) is 0 Å². The van der Waals surface area contributed by atoms with Crippen molar-refractivity contribution in [1.82, 2.24) is 4.98 Å². The van der Waals surface area contributed by atoms with Crippen molar-refractivity contribution in [2.45, 2.75) is 6.61 Å². The van der Waals surface area contributed by atoms with Gasteiger partial charge >= 0.3 is 0 Å². The maximum atomic E-state index is 11.7.